The van der Waals surface area contributed by atoms with Crippen LogP contribution in [0.5, 0.6) is 5.88 Å². The number of hydrogen-bond acceptors (Lipinski definition) is 5. The number of benzene rings is 3. The molecule has 3 aromatic carbocycles. The van der Waals surface area contributed by atoms with Gasteiger partial charge in [-0.25, -0.2) is 4.31 Å². The van der Waals surface area contributed by atoms with Gasteiger partial charge in [-0.15, -0.1) is 10.2 Å². The lowest BCUT2D eigenvalue weighted by atomic mass is 10.2. The zero-order valence-corrected chi connectivity index (χ0v) is 19.5. The molecule has 0 aliphatic carbocycles. The molecule has 11 heteroatoms. The second-order valence-corrected chi connectivity index (χ2v) is 8.85. The topological polar surface area (TPSA) is 135 Å². The minimum atomic E-state index is -4.69. The third-order valence-electron chi connectivity index (χ3n) is 4.53. The van der Waals surface area contributed by atoms with E-state index < -0.39 is 22.8 Å². The summed E-state index contributed by atoms with van der Waals surface area (Å²) in [6.07, 6.45) is 0. The molecule has 0 spiro atoms. The van der Waals surface area contributed by atoms with Crippen molar-refractivity contribution in [3.8, 4) is 5.88 Å². The highest BCUT2D eigenvalue weighted by atomic mass is 35.5. The Morgan fingerprint density at radius 3 is 2.21 bits per heavy atom. The first kappa shape index (κ1) is 24.9. The van der Waals surface area contributed by atoms with Crippen LogP contribution in [0.15, 0.2) is 89.1 Å². The molecule has 1 amide bonds. The number of aryl methyl sites for hydroxylation is 1. The number of halogens is 1. The van der Waals surface area contributed by atoms with Gasteiger partial charge in [0.15, 0.2) is 5.69 Å². The molecule has 1 heterocycles. The second kappa shape index (κ2) is 10.9. The standard InChI is InChI=1S/C17H16N4O5S.C6H5Cl/c1-11-6-8-12(9-7-11)21(27(24,25)26)10-15(22)19-20-16-13-4-2-3-5-14(13)18-17(16)23;7-6-4-2-1-3-5-6/h2-9,18,23H,10H2,1H3,(H,24,25,26);1-5H. The molecule has 9 nitrogen and oxygen atoms in total. The van der Waals surface area contributed by atoms with Crippen LogP contribution in [0.25, 0.3) is 10.9 Å². The summed E-state index contributed by atoms with van der Waals surface area (Å²) in [6.45, 7) is 1.07. The average molecular weight is 501 g/mol. The van der Waals surface area contributed by atoms with E-state index in [1.165, 1.54) is 12.1 Å². The smallest absolute Gasteiger partial charge is 0.360 e. The second-order valence-electron chi connectivity index (χ2n) is 7.08. The van der Waals surface area contributed by atoms with Gasteiger partial charge in [-0.2, -0.15) is 8.42 Å². The number of hydrogen-bond donors (Lipinski definition) is 3. The number of carbonyl (C=O) groups is 1. The predicted octanol–water partition coefficient (Wildman–Crippen LogP) is 5.44. The Morgan fingerprint density at radius 1 is 1.00 bits per heavy atom. The molecule has 4 rings (SSSR count). The van der Waals surface area contributed by atoms with Crippen LogP contribution in [0.2, 0.25) is 5.02 Å². The van der Waals surface area contributed by atoms with Crippen molar-refractivity contribution in [2.75, 3.05) is 10.8 Å². The molecule has 0 unspecified atom stereocenters. The Hall–Kier alpha value is -3.73. The van der Waals surface area contributed by atoms with E-state index in [1.807, 2.05) is 37.3 Å². The summed E-state index contributed by atoms with van der Waals surface area (Å²) >= 11 is 5.54. The van der Waals surface area contributed by atoms with Crippen LogP contribution in [-0.4, -0.2) is 35.5 Å². The number of rotatable bonds is 5. The van der Waals surface area contributed by atoms with Crippen LogP contribution in [0.4, 0.5) is 11.4 Å². The molecule has 0 atom stereocenters. The number of aromatic amines is 1. The van der Waals surface area contributed by atoms with Crippen LogP contribution < -0.4 is 4.31 Å². The summed E-state index contributed by atoms with van der Waals surface area (Å²) in [6, 6.07) is 22.5. The number of aromatic nitrogens is 1. The lowest BCUT2D eigenvalue weighted by molar-refractivity contribution is -0.116. The predicted molar refractivity (Wildman–Crippen MR) is 131 cm³/mol. The zero-order valence-electron chi connectivity index (χ0n) is 18.0. The van der Waals surface area contributed by atoms with E-state index in [2.05, 4.69) is 15.2 Å². The molecule has 1 aromatic heterocycles. The first-order valence-electron chi connectivity index (χ1n) is 9.92. The number of nitrogens with zero attached hydrogens (tertiary/aromatic N) is 3. The number of anilines is 1. The highest BCUT2D eigenvalue weighted by Gasteiger charge is 2.23. The Labute approximate surface area is 201 Å². The third kappa shape index (κ3) is 6.64. The molecule has 0 saturated carbocycles. The van der Waals surface area contributed by atoms with Gasteiger partial charge in [0, 0.05) is 10.4 Å². The van der Waals surface area contributed by atoms with Crippen molar-refractivity contribution >= 4 is 50.1 Å². The summed E-state index contributed by atoms with van der Waals surface area (Å²) in [5.41, 5.74) is 1.67. The molecule has 0 aliphatic rings. The summed E-state index contributed by atoms with van der Waals surface area (Å²) in [7, 11) is -4.69. The van der Waals surface area contributed by atoms with Crippen LogP contribution in [-0.2, 0) is 15.1 Å². The lowest BCUT2D eigenvalue weighted by Crippen LogP contribution is -2.34. The minimum Gasteiger partial charge on any atom is -0.493 e. The van der Waals surface area contributed by atoms with E-state index in [0.717, 1.165) is 10.6 Å². The van der Waals surface area contributed by atoms with Gasteiger partial charge in [-0.1, -0.05) is 65.7 Å². The van der Waals surface area contributed by atoms with E-state index >= 15 is 0 Å². The largest absolute Gasteiger partial charge is 0.493 e. The van der Waals surface area contributed by atoms with Gasteiger partial charge in [-0.3, -0.25) is 9.35 Å². The van der Waals surface area contributed by atoms with Gasteiger partial charge in [-0.05, 0) is 37.3 Å². The van der Waals surface area contributed by atoms with E-state index in [9.17, 15) is 22.9 Å². The van der Waals surface area contributed by atoms with Crippen molar-refractivity contribution in [3.63, 3.8) is 0 Å². The molecular formula is C23H21ClN4O5S. The summed E-state index contributed by atoms with van der Waals surface area (Å²) < 4.78 is 33.2. The Morgan fingerprint density at radius 2 is 1.62 bits per heavy atom. The van der Waals surface area contributed by atoms with Crippen molar-refractivity contribution in [1.82, 2.24) is 4.98 Å². The van der Waals surface area contributed by atoms with Gasteiger partial charge in [0.05, 0.1) is 11.2 Å². The Bertz CT molecular complexity index is 1400. The fraction of sp³-hybridized carbons (Fsp3) is 0.0870. The number of H-pyrrole nitrogens is 1. The van der Waals surface area contributed by atoms with Crippen LogP contribution in [0.3, 0.4) is 0 Å². The molecule has 176 valence electrons. The maximum atomic E-state index is 12.1. The van der Waals surface area contributed by atoms with Crippen molar-refractivity contribution in [2.45, 2.75) is 6.92 Å². The number of azo groups is 1. The number of para-hydroxylation sites is 1. The highest BCUT2D eigenvalue weighted by molar-refractivity contribution is 7.87. The SMILES string of the molecule is Cc1ccc(N(CC(=O)N=Nc2c(O)[nH]c3ccccc23)S(=O)(=O)O)cc1.Clc1ccccc1. The number of carbonyl (C=O) groups excluding carboxylic acids is 1. The summed E-state index contributed by atoms with van der Waals surface area (Å²) in [4.78, 5) is 14.8. The molecule has 3 N–H and O–H groups in total. The van der Waals surface area contributed by atoms with Gasteiger partial charge in [0.25, 0.3) is 5.91 Å². The Balaban J connectivity index is 0.000000396. The summed E-state index contributed by atoms with van der Waals surface area (Å²) in [5.74, 6) is -1.18. The van der Waals surface area contributed by atoms with Crippen LogP contribution in [0, 0.1) is 6.92 Å². The molecule has 0 saturated heterocycles. The summed E-state index contributed by atoms with van der Waals surface area (Å²) in [5, 5.41) is 18.4. The highest BCUT2D eigenvalue weighted by Crippen LogP contribution is 2.35. The van der Waals surface area contributed by atoms with Crippen molar-refractivity contribution < 1.29 is 22.9 Å². The van der Waals surface area contributed by atoms with Gasteiger partial charge < -0.3 is 10.1 Å². The van der Waals surface area contributed by atoms with Gasteiger partial charge in [0.2, 0.25) is 5.88 Å². The van der Waals surface area contributed by atoms with Crippen molar-refractivity contribution in [1.29, 1.82) is 0 Å². The molecular weight excluding hydrogens is 480 g/mol. The number of aromatic hydroxyl groups is 1. The van der Waals surface area contributed by atoms with E-state index in [-0.39, 0.29) is 17.3 Å². The quantitative estimate of drug-likeness (QED) is 0.247. The molecule has 0 fully saturated rings. The normalized spacial score (nSPS) is 11.3. The maximum absolute atomic E-state index is 12.1. The molecule has 0 bridgehead atoms. The number of amides is 1. The van der Waals surface area contributed by atoms with E-state index in [0.29, 0.717) is 15.2 Å². The minimum absolute atomic E-state index is 0.0627. The van der Waals surface area contributed by atoms with Gasteiger partial charge >= 0.3 is 10.3 Å². The maximum Gasteiger partial charge on any atom is 0.360 e. The molecule has 0 aliphatic heterocycles. The molecule has 34 heavy (non-hydrogen) atoms. The van der Waals surface area contributed by atoms with Crippen molar-refractivity contribution in [3.05, 3.63) is 89.4 Å². The lowest BCUT2D eigenvalue weighted by Gasteiger charge is -2.18. The molecule has 4 aromatic rings. The first-order chi connectivity index (χ1) is 16.1. The van der Waals surface area contributed by atoms with Gasteiger partial charge in [0.1, 0.15) is 6.54 Å². The molecule has 0 radical (unpaired) electrons. The fourth-order valence-corrected chi connectivity index (χ4v) is 3.71. The first-order valence-corrected chi connectivity index (χ1v) is 11.7. The van der Waals surface area contributed by atoms with Crippen LogP contribution in [0.1, 0.15) is 5.56 Å². The Kier molecular flexibility index (Phi) is 8.00. The van der Waals surface area contributed by atoms with Crippen LogP contribution >= 0.6 is 11.6 Å². The van der Waals surface area contributed by atoms with Crippen molar-refractivity contribution in [2.24, 2.45) is 10.2 Å². The zero-order chi connectivity index (χ0) is 24.7. The average Bonchev–Trinajstić information content (AvgIpc) is 3.12. The number of fused-ring (bicyclic) bond motifs is 1. The number of nitrogens with one attached hydrogen (secondary N) is 1. The van der Waals surface area contributed by atoms with E-state index in [4.69, 9.17) is 11.6 Å². The monoisotopic (exact) mass is 500 g/mol. The third-order valence-corrected chi connectivity index (χ3v) is 5.68. The van der Waals surface area contributed by atoms with E-state index in [1.54, 1.807) is 36.4 Å². The fourth-order valence-electron chi connectivity index (χ4n) is 2.91.